The lowest BCUT2D eigenvalue weighted by molar-refractivity contribution is -0.870. The number of amides is 1. The van der Waals surface area contributed by atoms with E-state index in [0.717, 1.165) is 64.2 Å². The predicted octanol–water partition coefficient (Wildman–Crippen LogP) is 12.4. The summed E-state index contributed by atoms with van der Waals surface area (Å²) in [6, 6.07) is -0.865. The number of carbonyl (C=O) groups excluding carboxylic acids is 1. The van der Waals surface area contributed by atoms with Crippen LogP contribution in [0.1, 0.15) is 168 Å². The Morgan fingerprint density at radius 2 is 1.09 bits per heavy atom. The molecule has 1 amide bonds. The Kier molecular flexibility index (Phi) is 37.0. The lowest BCUT2D eigenvalue weighted by Crippen LogP contribution is -2.45. The van der Waals surface area contributed by atoms with E-state index >= 15 is 0 Å². The average Bonchev–Trinajstić information content (AvgIpc) is 3.15. The van der Waals surface area contributed by atoms with Gasteiger partial charge in [0.05, 0.1) is 39.9 Å². The first-order chi connectivity index (χ1) is 27.0. The van der Waals surface area contributed by atoms with E-state index in [9.17, 15) is 19.4 Å². The number of hydrogen-bond acceptors (Lipinski definition) is 5. The second kappa shape index (κ2) is 38.5. The summed E-state index contributed by atoms with van der Waals surface area (Å²) < 4.78 is 23.5. The molecule has 3 unspecified atom stereocenters. The Balaban J connectivity index is 4.22. The lowest BCUT2D eigenvalue weighted by Gasteiger charge is -2.25. The molecule has 0 aliphatic heterocycles. The summed E-state index contributed by atoms with van der Waals surface area (Å²) in [7, 11) is 1.54. The molecule has 0 heterocycles. The third kappa shape index (κ3) is 40.1. The van der Waals surface area contributed by atoms with E-state index in [0.29, 0.717) is 17.4 Å². The molecule has 0 aliphatic carbocycles. The molecule has 8 nitrogen and oxygen atoms in total. The van der Waals surface area contributed by atoms with Crippen molar-refractivity contribution in [1.29, 1.82) is 0 Å². The third-order valence-electron chi connectivity index (χ3n) is 9.41. The van der Waals surface area contributed by atoms with Crippen molar-refractivity contribution in [3.05, 3.63) is 72.9 Å². The molecule has 3 atom stereocenters. The lowest BCUT2D eigenvalue weighted by atomic mass is 10.0. The molecular weight excluding hydrogens is 719 g/mol. The predicted molar refractivity (Wildman–Crippen MR) is 240 cm³/mol. The van der Waals surface area contributed by atoms with Crippen LogP contribution in [0.5, 0.6) is 0 Å². The van der Waals surface area contributed by atoms with Gasteiger partial charge >= 0.3 is 7.82 Å². The van der Waals surface area contributed by atoms with E-state index in [4.69, 9.17) is 9.05 Å². The maximum Gasteiger partial charge on any atom is 0.472 e. The normalized spacial score (nSPS) is 15.1. The van der Waals surface area contributed by atoms with Crippen LogP contribution in [-0.4, -0.2) is 73.4 Å². The Morgan fingerprint density at radius 1 is 0.625 bits per heavy atom. The zero-order chi connectivity index (χ0) is 41.4. The van der Waals surface area contributed by atoms with Gasteiger partial charge in [0.25, 0.3) is 0 Å². The van der Waals surface area contributed by atoms with E-state index in [-0.39, 0.29) is 19.1 Å². The van der Waals surface area contributed by atoms with Gasteiger partial charge in [-0.2, -0.15) is 0 Å². The molecule has 9 heteroatoms. The van der Waals surface area contributed by atoms with Gasteiger partial charge in [0.15, 0.2) is 0 Å². The molecule has 0 fully saturated rings. The number of rotatable bonds is 39. The number of allylic oxidation sites excluding steroid dienone is 11. The molecule has 56 heavy (non-hydrogen) atoms. The van der Waals surface area contributed by atoms with Gasteiger partial charge in [-0.3, -0.25) is 13.8 Å². The van der Waals surface area contributed by atoms with E-state index in [1.54, 1.807) is 6.08 Å². The Labute approximate surface area is 344 Å². The number of aliphatic hydroxyl groups excluding tert-OH is 1. The monoisotopic (exact) mass is 806 g/mol. The molecule has 0 radical (unpaired) electrons. The van der Waals surface area contributed by atoms with Gasteiger partial charge < -0.3 is 19.8 Å². The third-order valence-corrected chi connectivity index (χ3v) is 10.4. The van der Waals surface area contributed by atoms with Crippen LogP contribution in [0.25, 0.3) is 0 Å². The highest BCUT2D eigenvalue weighted by molar-refractivity contribution is 7.47. The number of phosphoric acid groups is 1. The van der Waals surface area contributed by atoms with Crippen molar-refractivity contribution < 1.29 is 32.9 Å². The number of nitrogens with one attached hydrogen (secondary N) is 1. The average molecular weight is 806 g/mol. The van der Waals surface area contributed by atoms with Crippen LogP contribution in [0.15, 0.2) is 72.9 Å². The van der Waals surface area contributed by atoms with E-state index in [2.05, 4.69) is 79.9 Å². The van der Waals surface area contributed by atoms with Crippen molar-refractivity contribution in [3.63, 3.8) is 0 Å². The number of nitrogens with zero attached hydrogens (tertiary/aromatic N) is 1. The molecule has 3 N–H and O–H groups in total. The van der Waals surface area contributed by atoms with Crippen molar-refractivity contribution in [3.8, 4) is 0 Å². The molecule has 0 bridgehead atoms. The number of carbonyl (C=O) groups is 1. The highest BCUT2D eigenvalue weighted by Gasteiger charge is 2.27. The first kappa shape index (κ1) is 53.9. The molecular formula is C47H86N2O6P+. The molecule has 0 saturated carbocycles. The Morgan fingerprint density at radius 3 is 1.64 bits per heavy atom. The van der Waals surface area contributed by atoms with Gasteiger partial charge in [-0.1, -0.05) is 164 Å². The summed E-state index contributed by atoms with van der Waals surface area (Å²) >= 11 is 0. The zero-order valence-electron chi connectivity index (χ0n) is 36.6. The van der Waals surface area contributed by atoms with Crippen LogP contribution in [0.3, 0.4) is 0 Å². The van der Waals surface area contributed by atoms with Crippen LogP contribution in [0.2, 0.25) is 0 Å². The van der Waals surface area contributed by atoms with Crippen molar-refractivity contribution in [2.24, 2.45) is 0 Å². The topological polar surface area (TPSA) is 105 Å². The summed E-state index contributed by atoms with van der Waals surface area (Å²) in [5.74, 6) is -0.196. The molecule has 0 aromatic heterocycles. The maximum atomic E-state index is 12.8. The smallest absolute Gasteiger partial charge is 0.387 e. The fourth-order valence-corrected chi connectivity index (χ4v) is 6.61. The van der Waals surface area contributed by atoms with Crippen LogP contribution < -0.4 is 5.32 Å². The Hall–Kier alpha value is -2.06. The fourth-order valence-electron chi connectivity index (χ4n) is 5.87. The van der Waals surface area contributed by atoms with Gasteiger partial charge in [-0.05, 0) is 70.6 Å². The summed E-state index contributed by atoms with van der Waals surface area (Å²) in [5.41, 5.74) is 0. The fraction of sp³-hybridized carbons (Fsp3) is 0.723. The first-order valence-corrected chi connectivity index (χ1v) is 23.8. The minimum absolute atomic E-state index is 0.0525. The number of phosphoric ester groups is 1. The molecule has 0 saturated heterocycles. The Bertz CT molecular complexity index is 1140. The van der Waals surface area contributed by atoms with Gasteiger partial charge in [0.2, 0.25) is 5.91 Å². The molecule has 0 aliphatic rings. The van der Waals surface area contributed by atoms with E-state index in [1.807, 2.05) is 27.2 Å². The SMILES string of the molecule is CC/C=C\C/C=C\C/C=C\C/C=C\CCCCCCCCCCCCCCC(=O)NC(COP(=O)(O)OCC[N+](C)(C)C)C(O)/C=C/CC/C=C/CCCCC. The second-order valence-electron chi connectivity index (χ2n) is 16.0. The van der Waals surface area contributed by atoms with Gasteiger partial charge in [-0.15, -0.1) is 0 Å². The largest absolute Gasteiger partial charge is 0.472 e. The first-order valence-electron chi connectivity index (χ1n) is 22.3. The number of unbranched alkanes of at least 4 members (excludes halogenated alkanes) is 16. The summed E-state index contributed by atoms with van der Waals surface area (Å²) in [6.45, 7) is 4.60. The molecule has 324 valence electrons. The number of likely N-dealkylation sites (N-methyl/N-ethyl adjacent to an activating group) is 1. The highest BCUT2D eigenvalue weighted by atomic mass is 31.2. The summed E-state index contributed by atoms with van der Waals surface area (Å²) in [5, 5.41) is 13.7. The van der Waals surface area contributed by atoms with Crippen LogP contribution in [0.4, 0.5) is 0 Å². The van der Waals surface area contributed by atoms with Gasteiger partial charge in [0.1, 0.15) is 13.2 Å². The van der Waals surface area contributed by atoms with Crippen molar-refractivity contribution in [2.45, 2.75) is 180 Å². The molecule has 0 aromatic rings. The molecule has 0 rings (SSSR count). The van der Waals surface area contributed by atoms with Crippen LogP contribution in [0, 0.1) is 0 Å². The summed E-state index contributed by atoms with van der Waals surface area (Å²) in [4.78, 5) is 23.0. The van der Waals surface area contributed by atoms with Gasteiger partial charge in [0, 0.05) is 6.42 Å². The summed E-state index contributed by atoms with van der Waals surface area (Å²) in [6.07, 6.45) is 51.3. The van der Waals surface area contributed by atoms with E-state index in [1.165, 1.54) is 83.5 Å². The van der Waals surface area contributed by atoms with Crippen LogP contribution >= 0.6 is 7.82 Å². The number of aliphatic hydroxyl groups is 1. The minimum atomic E-state index is -4.34. The highest BCUT2D eigenvalue weighted by Crippen LogP contribution is 2.43. The van der Waals surface area contributed by atoms with E-state index < -0.39 is 20.0 Å². The molecule has 0 spiro atoms. The standard InChI is InChI=1S/C47H85N2O6P/c1-6-8-10-12-14-16-17-18-19-20-21-22-23-24-25-26-27-28-29-30-31-33-35-37-39-41-47(51)48-45(44-55-56(52,53)54-43-42-49(3,4)5)46(50)40-38-36-34-32-15-13-11-9-7-2/h8,10,14-16,18-19,21-22,32,38,40,45-46,50H,6-7,9,11-13,17,20,23-31,33-37,39,41-44H2,1-5H3,(H-,48,51,52,53)/p+1/b10-8-,16-14-,19-18-,22-21-,32-15+,40-38+. The second-order valence-corrected chi connectivity index (χ2v) is 17.5. The zero-order valence-corrected chi connectivity index (χ0v) is 37.5. The van der Waals surface area contributed by atoms with Crippen LogP contribution in [-0.2, 0) is 18.4 Å². The van der Waals surface area contributed by atoms with Gasteiger partial charge in [-0.25, -0.2) is 4.57 Å². The number of hydrogen-bond donors (Lipinski definition) is 3. The molecule has 0 aromatic carbocycles. The maximum absolute atomic E-state index is 12.8. The quantitative estimate of drug-likeness (QED) is 0.0247. The van der Waals surface area contributed by atoms with Crippen molar-refractivity contribution in [1.82, 2.24) is 5.32 Å². The minimum Gasteiger partial charge on any atom is -0.387 e. The van der Waals surface area contributed by atoms with Crippen molar-refractivity contribution >= 4 is 13.7 Å². The van der Waals surface area contributed by atoms with Crippen molar-refractivity contribution in [2.75, 3.05) is 40.9 Å². The number of quaternary nitrogens is 1.